The lowest BCUT2D eigenvalue weighted by molar-refractivity contribution is 0.199. The van der Waals surface area contributed by atoms with Gasteiger partial charge in [-0.2, -0.15) is 0 Å². The minimum absolute atomic E-state index is 0.763. The lowest BCUT2D eigenvalue weighted by atomic mass is 10.2. The van der Waals surface area contributed by atoms with Gasteiger partial charge in [0.15, 0.2) is 0 Å². The maximum atomic E-state index is 5.01. The van der Waals surface area contributed by atoms with Gasteiger partial charge in [-0.05, 0) is 31.0 Å². The minimum Gasteiger partial charge on any atom is -0.383 e. The number of nitrogens with zero attached hydrogens (tertiary/aromatic N) is 1. The summed E-state index contributed by atoms with van der Waals surface area (Å²) in [6.07, 6.45) is 2.51. The van der Waals surface area contributed by atoms with E-state index < -0.39 is 0 Å². The van der Waals surface area contributed by atoms with E-state index in [-0.39, 0.29) is 0 Å². The first-order valence-corrected chi connectivity index (χ1v) is 7.35. The Balaban J connectivity index is 2.45. The molecule has 0 aliphatic carbocycles. The Hall–Kier alpha value is -1.06. The van der Waals surface area contributed by atoms with Gasteiger partial charge in [-0.3, -0.25) is 0 Å². The first-order chi connectivity index (χ1) is 9.31. The molecule has 108 valence electrons. The highest BCUT2D eigenvalue weighted by Gasteiger charge is 2.03. The lowest BCUT2D eigenvalue weighted by Crippen LogP contribution is -2.23. The van der Waals surface area contributed by atoms with Crippen molar-refractivity contribution in [3.8, 4) is 0 Å². The van der Waals surface area contributed by atoms with E-state index in [1.807, 2.05) is 0 Å². The molecule has 0 radical (unpaired) electrons. The van der Waals surface area contributed by atoms with Crippen LogP contribution in [0, 0.1) is 0 Å². The van der Waals surface area contributed by atoms with Crippen LogP contribution >= 0.6 is 0 Å². The first kappa shape index (κ1) is 16.0. The fraction of sp³-hybridized carbons (Fsp3) is 0.625. The largest absolute Gasteiger partial charge is 0.383 e. The zero-order chi connectivity index (χ0) is 13.9. The smallest absolute Gasteiger partial charge is 0.0587 e. The first-order valence-electron chi connectivity index (χ1n) is 7.35. The van der Waals surface area contributed by atoms with Crippen LogP contribution in [-0.4, -0.2) is 33.4 Å². The summed E-state index contributed by atoms with van der Waals surface area (Å²) in [7, 11) is 1.73. The summed E-state index contributed by atoms with van der Waals surface area (Å²) in [5, 5.41) is 3.36. The van der Waals surface area contributed by atoms with Gasteiger partial charge in [-0.1, -0.05) is 25.5 Å². The van der Waals surface area contributed by atoms with Crippen LogP contribution in [0.5, 0.6) is 0 Å². The molecule has 3 heteroatoms. The van der Waals surface area contributed by atoms with Crippen molar-refractivity contribution in [1.82, 2.24) is 5.32 Å². The van der Waals surface area contributed by atoms with Gasteiger partial charge in [0.25, 0.3) is 0 Å². The minimum atomic E-state index is 0.763. The monoisotopic (exact) mass is 264 g/mol. The molecule has 0 saturated heterocycles. The molecule has 0 bridgehead atoms. The molecular formula is C16H28N2O. The number of ether oxygens (including phenoxy) is 1. The van der Waals surface area contributed by atoms with Crippen LogP contribution in [0.1, 0.15) is 32.3 Å². The molecule has 0 saturated carbocycles. The summed E-state index contributed by atoms with van der Waals surface area (Å²) in [6.45, 7) is 9.25. The van der Waals surface area contributed by atoms with Gasteiger partial charge in [0.2, 0.25) is 0 Å². The van der Waals surface area contributed by atoms with Gasteiger partial charge in [0.05, 0.1) is 6.61 Å². The maximum Gasteiger partial charge on any atom is 0.0587 e. The molecule has 0 unspecified atom stereocenters. The third-order valence-electron chi connectivity index (χ3n) is 3.28. The van der Waals surface area contributed by atoms with Gasteiger partial charge < -0.3 is 15.0 Å². The van der Waals surface area contributed by atoms with Crippen molar-refractivity contribution in [2.24, 2.45) is 0 Å². The number of rotatable bonds is 10. The average Bonchev–Trinajstić information content (AvgIpc) is 2.46. The molecule has 0 spiro atoms. The Labute approximate surface area is 118 Å². The number of nitrogens with one attached hydrogen (secondary N) is 1. The zero-order valence-electron chi connectivity index (χ0n) is 12.6. The Kier molecular flexibility index (Phi) is 8.26. The summed E-state index contributed by atoms with van der Waals surface area (Å²) in [6, 6.07) is 8.88. The van der Waals surface area contributed by atoms with E-state index in [1.54, 1.807) is 7.11 Å². The van der Waals surface area contributed by atoms with Gasteiger partial charge in [-0.25, -0.2) is 0 Å². The molecule has 1 N–H and O–H groups in total. The second-order valence-corrected chi connectivity index (χ2v) is 4.77. The molecule has 0 amide bonds. The Morgan fingerprint density at radius 2 is 1.89 bits per heavy atom. The Morgan fingerprint density at radius 3 is 2.47 bits per heavy atom. The second kappa shape index (κ2) is 9.82. The molecule has 0 aliphatic rings. The highest BCUT2D eigenvalue weighted by molar-refractivity contribution is 5.47. The van der Waals surface area contributed by atoms with Crippen LogP contribution in [0.4, 0.5) is 5.69 Å². The summed E-state index contributed by atoms with van der Waals surface area (Å²) in [5.41, 5.74) is 2.66. The van der Waals surface area contributed by atoms with Crippen LogP contribution in [-0.2, 0) is 11.3 Å². The SMILES string of the molecule is CCCCN(CC)c1ccc(CNCCOC)cc1. The summed E-state index contributed by atoms with van der Waals surface area (Å²) < 4.78 is 5.01. The highest BCUT2D eigenvalue weighted by Crippen LogP contribution is 2.15. The number of anilines is 1. The van der Waals surface area contributed by atoms with E-state index in [9.17, 15) is 0 Å². The fourth-order valence-corrected chi connectivity index (χ4v) is 2.05. The third-order valence-corrected chi connectivity index (χ3v) is 3.28. The van der Waals surface area contributed by atoms with Crippen molar-refractivity contribution in [3.63, 3.8) is 0 Å². The molecule has 1 aromatic carbocycles. The molecule has 0 aromatic heterocycles. The van der Waals surface area contributed by atoms with Gasteiger partial charge in [0.1, 0.15) is 0 Å². The van der Waals surface area contributed by atoms with E-state index >= 15 is 0 Å². The van der Waals surface area contributed by atoms with Crippen LogP contribution in [0.15, 0.2) is 24.3 Å². The Morgan fingerprint density at radius 1 is 1.16 bits per heavy atom. The Bertz CT molecular complexity index is 324. The van der Waals surface area contributed by atoms with Gasteiger partial charge in [0, 0.05) is 39.0 Å². The molecule has 19 heavy (non-hydrogen) atoms. The van der Waals surface area contributed by atoms with Crippen LogP contribution in [0.2, 0.25) is 0 Å². The van der Waals surface area contributed by atoms with Gasteiger partial charge in [-0.15, -0.1) is 0 Å². The average molecular weight is 264 g/mol. The number of benzene rings is 1. The maximum absolute atomic E-state index is 5.01. The predicted octanol–water partition coefficient (Wildman–Crippen LogP) is 3.05. The molecule has 3 nitrogen and oxygen atoms in total. The highest BCUT2D eigenvalue weighted by atomic mass is 16.5. The fourth-order valence-electron chi connectivity index (χ4n) is 2.05. The summed E-state index contributed by atoms with van der Waals surface area (Å²) >= 11 is 0. The number of methoxy groups -OCH3 is 1. The van der Waals surface area contributed by atoms with Crippen LogP contribution in [0.25, 0.3) is 0 Å². The topological polar surface area (TPSA) is 24.5 Å². The third kappa shape index (κ3) is 6.08. The molecule has 0 atom stereocenters. The van der Waals surface area contributed by atoms with Crippen molar-refractivity contribution in [2.45, 2.75) is 33.2 Å². The van der Waals surface area contributed by atoms with E-state index in [4.69, 9.17) is 4.74 Å². The van der Waals surface area contributed by atoms with E-state index in [0.29, 0.717) is 0 Å². The summed E-state index contributed by atoms with van der Waals surface area (Å²) in [5.74, 6) is 0. The van der Waals surface area contributed by atoms with Crippen molar-refractivity contribution in [2.75, 3.05) is 38.3 Å². The molecule has 0 aliphatic heterocycles. The van der Waals surface area contributed by atoms with E-state index in [1.165, 1.54) is 24.1 Å². The normalized spacial score (nSPS) is 10.7. The number of hydrogen-bond acceptors (Lipinski definition) is 3. The molecule has 0 fully saturated rings. The molecule has 0 heterocycles. The predicted molar refractivity (Wildman–Crippen MR) is 82.8 cm³/mol. The summed E-state index contributed by atoms with van der Waals surface area (Å²) in [4.78, 5) is 2.44. The van der Waals surface area contributed by atoms with Crippen molar-refractivity contribution in [3.05, 3.63) is 29.8 Å². The quantitative estimate of drug-likeness (QED) is 0.657. The van der Waals surface area contributed by atoms with Crippen molar-refractivity contribution < 1.29 is 4.74 Å². The van der Waals surface area contributed by atoms with E-state index in [2.05, 4.69) is 48.3 Å². The number of unbranched alkanes of at least 4 members (excludes halogenated alkanes) is 1. The van der Waals surface area contributed by atoms with Gasteiger partial charge >= 0.3 is 0 Å². The molecule has 1 rings (SSSR count). The lowest BCUT2D eigenvalue weighted by Gasteiger charge is -2.23. The second-order valence-electron chi connectivity index (χ2n) is 4.77. The van der Waals surface area contributed by atoms with Crippen LogP contribution in [0.3, 0.4) is 0 Å². The molecular weight excluding hydrogens is 236 g/mol. The molecule has 1 aromatic rings. The van der Waals surface area contributed by atoms with Crippen LogP contribution < -0.4 is 10.2 Å². The van der Waals surface area contributed by atoms with E-state index in [0.717, 1.165) is 32.8 Å². The van der Waals surface area contributed by atoms with Crippen molar-refractivity contribution in [1.29, 1.82) is 0 Å². The van der Waals surface area contributed by atoms with Crippen molar-refractivity contribution >= 4 is 5.69 Å². The zero-order valence-corrected chi connectivity index (χ0v) is 12.6. The number of hydrogen-bond donors (Lipinski definition) is 1. The standard InChI is InChI=1S/C16H28N2O/c1-4-6-12-18(5-2)16-9-7-15(8-10-16)14-17-11-13-19-3/h7-10,17H,4-6,11-14H2,1-3H3.